The van der Waals surface area contributed by atoms with Crippen LogP contribution in [0.4, 0.5) is 4.79 Å². The first kappa shape index (κ1) is 15.2. The SMILES string of the molecule is CC(NC(=O)N1CCN2CCC1C2)c1ncc(-c2ccccc2)o1. The summed E-state index contributed by atoms with van der Waals surface area (Å²) in [5.41, 5.74) is 0.983. The second kappa shape index (κ2) is 6.28. The van der Waals surface area contributed by atoms with E-state index in [0.717, 1.165) is 43.9 Å². The van der Waals surface area contributed by atoms with Crippen LogP contribution in [0.15, 0.2) is 40.9 Å². The first-order valence-electron chi connectivity index (χ1n) is 8.51. The number of hydrogen-bond donors (Lipinski definition) is 1. The molecular weight excluding hydrogens is 304 g/mol. The zero-order chi connectivity index (χ0) is 16.5. The topological polar surface area (TPSA) is 61.6 Å². The van der Waals surface area contributed by atoms with Crippen LogP contribution in [-0.4, -0.2) is 53.0 Å². The molecular formula is C18H22N4O2. The molecule has 2 aliphatic rings. The summed E-state index contributed by atoms with van der Waals surface area (Å²) >= 11 is 0. The summed E-state index contributed by atoms with van der Waals surface area (Å²) in [5, 5.41) is 3.03. The van der Waals surface area contributed by atoms with Gasteiger partial charge in [-0.1, -0.05) is 30.3 Å². The Balaban J connectivity index is 1.42. The van der Waals surface area contributed by atoms with E-state index >= 15 is 0 Å². The van der Waals surface area contributed by atoms with Gasteiger partial charge in [0.1, 0.15) is 6.04 Å². The number of carbonyl (C=O) groups is 1. The van der Waals surface area contributed by atoms with Gasteiger partial charge in [-0.15, -0.1) is 0 Å². The monoisotopic (exact) mass is 326 g/mol. The van der Waals surface area contributed by atoms with E-state index in [-0.39, 0.29) is 12.1 Å². The van der Waals surface area contributed by atoms with Gasteiger partial charge in [0.2, 0.25) is 5.89 Å². The lowest BCUT2D eigenvalue weighted by Gasteiger charge is -2.34. The molecule has 0 spiro atoms. The van der Waals surface area contributed by atoms with Crippen LogP contribution < -0.4 is 5.32 Å². The number of amides is 2. The zero-order valence-electron chi connectivity index (χ0n) is 13.8. The van der Waals surface area contributed by atoms with Crippen molar-refractivity contribution in [2.45, 2.75) is 25.4 Å². The number of nitrogens with one attached hydrogen (secondary N) is 1. The molecule has 3 heterocycles. The molecule has 6 heteroatoms. The summed E-state index contributed by atoms with van der Waals surface area (Å²) < 4.78 is 5.83. The fourth-order valence-electron chi connectivity index (χ4n) is 3.52. The standard InChI is InChI=1S/C18H22N4O2/c1-13(17-19-11-16(24-17)14-5-3-2-4-6-14)20-18(23)22-10-9-21-8-7-15(22)12-21/h2-6,11,13,15H,7-10,12H2,1H3,(H,20,23). The van der Waals surface area contributed by atoms with E-state index in [9.17, 15) is 4.79 Å². The number of piperazine rings is 1. The molecule has 2 amide bonds. The van der Waals surface area contributed by atoms with Crippen LogP contribution in [-0.2, 0) is 0 Å². The van der Waals surface area contributed by atoms with Gasteiger partial charge in [-0.3, -0.25) is 4.90 Å². The number of hydrogen-bond acceptors (Lipinski definition) is 4. The lowest BCUT2D eigenvalue weighted by molar-refractivity contribution is 0.139. The number of oxazole rings is 1. The zero-order valence-corrected chi connectivity index (χ0v) is 13.8. The molecule has 1 aromatic carbocycles. The third-order valence-corrected chi connectivity index (χ3v) is 4.90. The number of benzene rings is 1. The Hall–Kier alpha value is -2.34. The lowest BCUT2D eigenvalue weighted by Crippen LogP contribution is -2.53. The first-order chi connectivity index (χ1) is 11.7. The van der Waals surface area contributed by atoms with Gasteiger partial charge in [-0.05, 0) is 13.3 Å². The maximum Gasteiger partial charge on any atom is 0.318 e. The minimum Gasteiger partial charge on any atom is -0.438 e. The normalized spacial score (nSPS) is 24.0. The van der Waals surface area contributed by atoms with Crippen LogP contribution in [0.2, 0.25) is 0 Å². The minimum absolute atomic E-state index is 0.0199. The summed E-state index contributed by atoms with van der Waals surface area (Å²) in [7, 11) is 0. The molecule has 1 N–H and O–H groups in total. The van der Waals surface area contributed by atoms with E-state index < -0.39 is 0 Å². The highest BCUT2D eigenvalue weighted by atomic mass is 16.4. The second-order valence-corrected chi connectivity index (χ2v) is 6.54. The number of carbonyl (C=O) groups excluding carboxylic acids is 1. The van der Waals surface area contributed by atoms with Crippen molar-refractivity contribution in [1.29, 1.82) is 0 Å². The van der Waals surface area contributed by atoms with E-state index in [1.807, 2.05) is 42.2 Å². The number of urea groups is 1. The molecule has 126 valence electrons. The minimum atomic E-state index is -0.255. The van der Waals surface area contributed by atoms with Gasteiger partial charge in [0.15, 0.2) is 5.76 Å². The fraction of sp³-hybridized carbons (Fsp3) is 0.444. The number of rotatable bonds is 3. The number of nitrogens with zero attached hydrogens (tertiary/aromatic N) is 3. The molecule has 2 aliphatic heterocycles. The van der Waals surface area contributed by atoms with Crippen molar-refractivity contribution in [3.05, 3.63) is 42.4 Å². The van der Waals surface area contributed by atoms with Crippen LogP contribution in [0.25, 0.3) is 11.3 Å². The van der Waals surface area contributed by atoms with Crippen LogP contribution >= 0.6 is 0 Å². The molecule has 2 bridgehead atoms. The molecule has 0 saturated carbocycles. The molecule has 2 aromatic rings. The van der Waals surface area contributed by atoms with Crippen molar-refractivity contribution in [1.82, 2.24) is 20.1 Å². The summed E-state index contributed by atoms with van der Waals surface area (Å²) in [6.07, 6.45) is 2.78. The molecule has 0 aliphatic carbocycles. The van der Waals surface area contributed by atoms with E-state index in [1.165, 1.54) is 0 Å². The van der Waals surface area contributed by atoms with Crippen molar-refractivity contribution >= 4 is 6.03 Å². The maximum absolute atomic E-state index is 12.6. The van der Waals surface area contributed by atoms with Crippen molar-refractivity contribution in [2.24, 2.45) is 0 Å². The Bertz CT molecular complexity index is 715. The van der Waals surface area contributed by atoms with E-state index in [1.54, 1.807) is 6.20 Å². The van der Waals surface area contributed by atoms with Crippen LogP contribution in [0.3, 0.4) is 0 Å². The van der Waals surface area contributed by atoms with Gasteiger partial charge in [-0.2, -0.15) is 0 Å². The van der Waals surface area contributed by atoms with E-state index in [0.29, 0.717) is 11.9 Å². The van der Waals surface area contributed by atoms with Gasteiger partial charge in [0.25, 0.3) is 0 Å². The second-order valence-electron chi connectivity index (χ2n) is 6.54. The van der Waals surface area contributed by atoms with Crippen molar-refractivity contribution in [3.63, 3.8) is 0 Å². The third-order valence-electron chi connectivity index (χ3n) is 4.90. The third kappa shape index (κ3) is 2.89. The average molecular weight is 326 g/mol. The Morgan fingerprint density at radius 2 is 2.12 bits per heavy atom. The largest absolute Gasteiger partial charge is 0.438 e. The summed E-state index contributed by atoms with van der Waals surface area (Å²) in [5.74, 6) is 1.25. The fourth-order valence-corrected chi connectivity index (χ4v) is 3.52. The molecule has 0 radical (unpaired) electrons. The molecule has 2 saturated heterocycles. The smallest absolute Gasteiger partial charge is 0.318 e. The average Bonchev–Trinajstić information content (AvgIpc) is 3.23. The highest BCUT2D eigenvalue weighted by Gasteiger charge is 2.35. The first-order valence-corrected chi connectivity index (χ1v) is 8.51. The Morgan fingerprint density at radius 1 is 1.29 bits per heavy atom. The molecule has 6 nitrogen and oxygen atoms in total. The van der Waals surface area contributed by atoms with Crippen LogP contribution in [0.5, 0.6) is 0 Å². The van der Waals surface area contributed by atoms with Gasteiger partial charge < -0.3 is 14.6 Å². The van der Waals surface area contributed by atoms with Crippen LogP contribution in [0.1, 0.15) is 25.3 Å². The Labute approximate surface area is 141 Å². The Kier molecular flexibility index (Phi) is 3.98. The van der Waals surface area contributed by atoms with Crippen molar-refractivity contribution in [2.75, 3.05) is 26.2 Å². The summed E-state index contributed by atoms with van der Waals surface area (Å²) in [4.78, 5) is 21.3. The predicted molar refractivity (Wildman–Crippen MR) is 90.4 cm³/mol. The molecule has 2 fully saturated rings. The summed E-state index contributed by atoms with van der Waals surface area (Å²) in [6, 6.07) is 9.92. The van der Waals surface area contributed by atoms with Gasteiger partial charge in [0.05, 0.1) is 6.20 Å². The number of aromatic nitrogens is 1. The van der Waals surface area contributed by atoms with Gasteiger partial charge >= 0.3 is 6.03 Å². The highest BCUT2D eigenvalue weighted by Crippen LogP contribution is 2.24. The molecule has 4 rings (SSSR count). The maximum atomic E-state index is 12.6. The molecule has 1 aromatic heterocycles. The highest BCUT2D eigenvalue weighted by molar-refractivity contribution is 5.75. The van der Waals surface area contributed by atoms with E-state index in [2.05, 4.69) is 15.2 Å². The van der Waals surface area contributed by atoms with Gasteiger partial charge in [-0.25, -0.2) is 9.78 Å². The van der Waals surface area contributed by atoms with E-state index in [4.69, 9.17) is 4.42 Å². The van der Waals surface area contributed by atoms with Crippen molar-refractivity contribution in [3.8, 4) is 11.3 Å². The molecule has 3 atom stereocenters. The van der Waals surface area contributed by atoms with Crippen LogP contribution in [0, 0.1) is 0 Å². The molecule has 3 unspecified atom stereocenters. The quantitative estimate of drug-likeness (QED) is 0.941. The lowest BCUT2D eigenvalue weighted by atomic mass is 10.2. The van der Waals surface area contributed by atoms with Gasteiger partial charge in [0, 0.05) is 37.8 Å². The van der Waals surface area contributed by atoms with Crippen molar-refractivity contribution < 1.29 is 9.21 Å². The Morgan fingerprint density at radius 3 is 2.96 bits per heavy atom. The predicted octanol–water partition coefficient (Wildman–Crippen LogP) is 2.50. The molecule has 24 heavy (non-hydrogen) atoms. The summed E-state index contributed by atoms with van der Waals surface area (Å²) in [6.45, 7) is 5.77. The number of fused-ring (bicyclic) bond motifs is 2.